The van der Waals surface area contributed by atoms with Crippen molar-refractivity contribution in [2.45, 2.75) is 39.3 Å². The van der Waals surface area contributed by atoms with E-state index in [1.807, 2.05) is 18.2 Å². The minimum Gasteiger partial charge on any atom is -0.493 e. The summed E-state index contributed by atoms with van der Waals surface area (Å²) in [4.78, 5) is 0. The quantitative estimate of drug-likeness (QED) is 0.744. The average molecular weight is 253 g/mol. The normalized spacial score (nSPS) is 12.2. The van der Waals surface area contributed by atoms with E-state index in [0.29, 0.717) is 26.2 Å². The number of aliphatic hydroxyl groups excluding tert-OH is 1. The Bertz CT molecular complexity index is 353. The Balaban J connectivity index is 2.66. The first-order chi connectivity index (χ1) is 8.67. The summed E-state index contributed by atoms with van der Waals surface area (Å²) in [6.07, 6.45) is 1.21. The molecule has 1 aromatic carbocycles. The Morgan fingerprint density at radius 1 is 1.28 bits per heavy atom. The summed E-state index contributed by atoms with van der Waals surface area (Å²) < 4.78 is 11.2. The zero-order chi connectivity index (χ0) is 13.4. The first kappa shape index (κ1) is 14.8. The van der Waals surface area contributed by atoms with Crippen LogP contribution in [0.1, 0.15) is 32.3 Å². The van der Waals surface area contributed by atoms with Crippen LogP contribution in [0.15, 0.2) is 18.2 Å². The highest BCUT2D eigenvalue weighted by Gasteiger charge is 2.06. The standard InChI is InChI=1S/C14H23NO3/c1-3-7-17-13-5-4-12(10-15)14(9-13)18-8-6-11(2)16/h4-5,9,11,16H,3,6-8,10,15H2,1-2H3. The summed E-state index contributed by atoms with van der Waals surface area (Å²) in [6, 6.07) is 5.68. The van der Waals surface area contributed by atoms with Gasteiger partial charge in [-0.2, -0.15) is 0 Å². The van der Waals surface area contributed by atoms with Crippen LogP contribution in [0.4, 0.5) is 0 Å². The Labute approximate surface area is 109 Å². The van der Waals surface area contributed by atoms with Gasteiger partial charge in [-0.3, -0.25) is 0 Å². The fourth-order valence-corrected chi connectivity index (χ4v) is 1.49. The lowest BCUT2D eigenvalue weighted by molar-refractivity contribution is 0.155. The maximum Gasteiger partial charge on any atom is 0.127 e. The van der Waals surface area contributed by atoms with Gasteiger partial charge in [0.05, 0.1) is 19.3 Å². The van der Waals surface area contributed by atoms with Crippen LogP contribution in [0, 0.1) is 0 Å². The molecule has 0 amide bonds. The summed E-state index contributed by atoms with van der Waals surface area (Å²) in [7, 11) is 0. The van der Waals surface area contributed by atoms with Crippen LogP contribution in [0.25, 0.3) is 0 Å². The molecule has 102 valence electrons. The fourth-order valence-electron chi connectivity index (χ4n) is 1.49. The molecule has 0 aliphatic rings. The zero-order valence-electron chi connectivity index (χ0n) is 11.2. The zero-order valence-corrected chi connectivity index (χ0v) is 11.2. The van der Waals surface area contributed by atoms with Crippen LogP contribution in [-0.2, 0) is 6.54 Å². The molecule has 0 radical (unpaired) electrons. The molecular formula is C14H23NO3. The van der Waals surface area contributed by atoms with Gasteiger partial charge < -0.3 is 20.3 Å². The second-order valence-corrected chi connectivity index (χ2v) is 4.31. The van der Waals surface area contributed by atoms with Gasteiger partial charge in [-0.25, -0.2) is 0 Å². The summed E-state index contributed by atoms with van der Waals surface area (Å²) in [5.74, 6) is 1.54. The Morgan fingerprint density at radius 3 is 2.67 bits per heavy atom. The molecule has 1 atom stereocenters. The third-order valence-corrected chi connectivity index (χ3v) is 2.52. The highest BCUT2D eigenvalue weighted by molar-refractivity contribution is 5.40. The number of hydrogen-bond acceptors (Lipinski definition) is 4. The minimum absolute atomic E-state index is 0.356. The van der Waals surface area contributed by atoms with Crippen molar-refractivity contribution < 1.29 is 14.6 Å². The molecule has 4 heteroatoms. The minimum atomic E-state index is -0.356. The molecule has 0 heterocycles. The first-order valence-electron chi connectivity index (χ1n) is 6.44. The molecule has 4 nitrogen and oxygen atoms in total. The van der Waals surface area contributed by atoms with E-state index in [-0.39, 0.29) is 6.10 Å². The number of nitrogens with two attached hydrogens (primary N) is 1. The van der Waals surface area contributed by atoms with E-state index < -0.39 is 0 Å². The highest BCUT2D eigenvalue weighted by atomic mass is 16.5. The molecule has 18 heavy (non-hydrogen) atoms. The molecule has 3 N–H and O–H groups in total. The lowest BCUT2D eigenvalue weighted by atomic mass is 10.2. The Kier molecular flexibility index (Phi) is 6.54. The van der Waals surface area contributed by atoms with Crippen molar-refractivity contribution in [1.29, 1.82) is 0 Å². The molecule has 0 fully saturated rings. The topological polar surface area (TPSA) is 64.7 Å². The van der Waals surface area contributed by atoms with Crippen LogP contribution in [0.3, 0.4) is 0 Å². The van der Waals surface area contributed by atoms with Crippen molar-refractivity contribution in [2.75, 3.05) is 13.2 Å². The van der Waals surface area contributed by atoms with E-state index in [1.54, 1.807) is 6.92 Å². The van der Waals surface area contributed by atoms with E-state index >= 15 is 0 Å². The Morgan fingerprint density at radius 2 is 2.06 bits per heavy atom. The van der Waals surface area contributed by atoms with Gasteiger partial charge >= 0.3 is 0 Å². The number of ether oxygens (including phenoxy) is 2. The maximum absolute atomic E-state index is 9.20. The second kappa shape index (κ2) is 7.95. The van der Waals surface area contributed by atoms with Crippen LogP contribution in [0.2, 0.25) is 0 Å². The van der Waals surface area contributed by atoms with Crippen LogP contribution in [0.5, 0.6) is 11.5 Å². The van der Waals surface area contributed by atoms with Crippen LogP contribution in [-0.4, -0.2) is 24.4 Å². The van der Waals surface area contributed by atoms with Gasteiger partial charge in [-0.05, 0) is 19.4 Å². The Hall–Kier alpha value is -1.26. The largest absolute Gasteiger partial charge is 0.493 e. The van der Waals surface area contributed by atoms with Gasteiger partial charge in [-0.1, -0.05) is 13.0 Å². The first-order valence-corrected chi connectivity index (χ1v) is 6.44. The van der Waals surface area contributed by atoms with E-state index in [0.717, 1.165) is 23.5 Å². The summed E-state index contributed by atoms with van der Waals surface area (Å²) in [5.41, 5.74) is 6.61. The van der Waals surface area contributed by atoms with Crippen LogP contribution < -0.4 is 15.2 Å². The molecule has 1 aromatic rings. The van der Waals surface area contributed by atoms with E-state index in [9.17, 15) is 5.11 Å². The molecule has 1 unspecified atom stereocenters. The molecule has 0 spiro atoms. The average Bonchev–Trinajstić information content (AvgIpc) is 2.36. The van der Waals surface area contributed by atoms with Gasteiger partial charge in [-0.15, -0.1) is 0 Å². The number of rotatable bonds is 8. The van der Waals surface area contributed by atoms with Crippen molar-refractivity contribution in [1.82, 2.24) is 0 Å². The molecule has 0 bridgehead atoms. The van der Waals surface area contributed by atoms with Gasteiger partial charge in [0.1, 0.15) is 11.5 Å². The molecule has 0 aliphatic heterocycles. The maximum atomic E-state index is 9.20. The third kappa shape index (κ3) is 4.94. The smallest absolute Gasteiger partial charge is 0.127 e. The fraction of sp³-hybridized carbons (Fsp3) is 0.571. The molecule has 0 saturated carbocycles. The van der Waals surface area contributed by atoms with E-state index in [1.165, 1.54) is 0 Å². The third-order valence-electron chi connectivity index (χ3n) is 2.52. The van der Waals surface area contributed by atoms with E-state index in [2.05, 4.69) is 6.92 Å². The summed E-state index contributed by atoms with van der Waals surface area (Å²) in [6.45, 7) is 5.40. The summed E-state index contributed by atoms with van der Waals surface area (Å²) in [5, 5.41) is 9.20. The van der Waals surface area contributed by atoms with Gasteiger partial charge in [0.2, 0.25) is 0 Å². The van der Waals surface area contributed by atoms with Crippen molar-refractivity contribution in [3.63, 3.8) is 0 Å². The number of benzene rings is 1. The van der Waals surface area contributed by atoms with Crippen molar-refractivity contribution in [3.05, 3.63) is 23.8 Å². The molecule has 0 aromatic heterocycles. The molecular weight excluding hydrogens is 230 g/mol. The van der Waals surface area contributed by atoms with Crippen LogP contribution >= 0.6 is 0 Å². The van der Waals surface area contributed by atoms with Crippen molar-refractivity contribution >= 4 is 0 Å². The van der Waals surface area contributed by atoms with Gasteiger partial charge in [0.15, 0.2) is 0 Å². The second-order valence-electron chi connectivity index (χ2n) is 4.31. The van der Waals surface area contributed by atoms with E-state index in [4.69, 9.17) is 15.2 Å². The molecule has 0 saturated heterocycles. The molecule has 1 rings (SSSR count). The number of aliphatic hydroxyl groups is 1. The lowest BCUT2D eigenvalue weighted by Gasteiger charge is -2.13. The summed E-state index contributed by atoms with van der Waals surface area (Å²) >= 11 is 0. The highest BCUT2D eigenvalue weighted by Crippen LogP contribution is 2.25. The van der Waals surface area contributed by atoms with Crippen molar-refractivity contribution in [2.24, 2.45) is 5.73 Å². The monoisotopic (exact) mass is 253 g/mol. The molecule has 0 aliphatic carbocycles. The van der Waals surface area contributed by atoms with Gasteiger partial charge in [0, 0.05) is 24.6 Å². The van der Waals surface area contributed by atoms with Crippen molar-refractivity contribution in [3.8, 4) is 11.5 Å². The van der Waals surface area contributed by atoms with Gasteiger partial charge in [0.25, 0.3) is 0 Å². The predicted molar refractivity (Wildman–Crippen MR) is 71.9 cm³/mol. The number of hydrogen-bond donors (Lipinski definition) is 2. The predicted octanol–water partition coefficient (Wildman–Crippen LogP) is 2.08. The SMILES string of the molecule is CCCOc1ccc(CN)c(OCCC(C)O)c1. The lowest BCUT2D eigenvalue weighted by Crippen LogP contribution is -2.09.